The van der Waals surface area contributed by atoms with Gasteiger partial charge in [-0.2, -0.15) is 0 Å². The van der Waals surface area contributed by atoms with E-state index in [0.717, 1.165) is 31.7 Å². The predicted molar refractivity (Wildman–Crippen MR) is 82.0 cm³/mol. The fourth-order valence-corrected chi connectivity index (χ4v) is 5.54. The van der Waals surface area contributed by atoms with Gasteiger partial charge in [0.25, 0.3) is 0 Å². The zero-order chi connectivity index (χ0) is 14.6. The molecule has 2 aliphatic heterocycles. The molecular weight excluding hydrogens is 310 g/mol. The van der Waals surface area contributed by atoms with Crippen molar-refractivity contribution >= 4 is 27.4 Å². The van der Waals surface area contributed by atoms with Crippen molar-refractivity contribution in [2.45, 2.75) is 18.1 Å². The van der Waals surface area contributed by atoms with Crippen LogP contribution in [-0.2, 0) is 10.0 Å². The average Bonchev–Trinajstić information content (AvgIpc) is 3.12. The molecule has 3 heterocycles. The predicted octanol–water partition coefficient (Wildman–Crippen LogP) is 1.60. The second-order valence-electron chi connectivity index (χ2n) is 6.32. The minimum absolute atomic E-state index is 0.0923. The molecular formula is C14H18ClN3O2S. The SMILES string of the molecule is O=S(=O)(C1CC1)N1CC2CN(c3ccc(Cl)cn3)CC2C1. The summed E-state index contributed by atoms with van der Waals surface area (Å²) >= 11 is 5.86. The monoisotopic (exact) mass is 327 g/mol. The topological polar surface area (TPSA) is 53.5 Å². The third kappa shape index (κ3) is 2.43. The minimum atomic E-state index is -3.01. The first-order valence-electron chi connectivity index (χ1n) is 7.39. The van der Waals surface area contributed by atoms with Crippen LogP contribution >= 0.6 is 11.6 Å². The number of anilines is 1. The van der Waals surface area contributed by atoms with Crippen LogP contribution in [0.4, 0.5) is 5.82 Å². The van der Waals surface area contributed by atoms with Gasteiger partial charge in [0.05, 0.1) is 10.3 Å². The zero-order valence-corrected chi connectivity index (χ0v) is 13.2. The Kier molecular flexibility index (Phi) is 3.17. The van der Waals surface area contributed by atoms with Gasteiger partial charge in [-0.15, -0.1) is 0 Å². The van der Waals surface area contributed by atoms with Crippen LogP contribution in [0.5, 0.6) is 0 Å². The maximum Gasteiger partial charge on any atom is 0.217 e. The molecule has 2 saturated heterocycles. The van der Waals surface area contributed by atoms with Gasteiger partial charge in [0.15, 0.2) is 0 Å². The lowest BCUT2D eigenvalue weighted by molar-refractivity contribution is 0.452. The summed E-state index contributed by atoms with van der Waals surface area (Å²) < 4.78 is 26.3. The number of hydrogen-bond donors (Lipinski definition) is 0. The molecule has 4 rings (SSSR count). The van der Waals surface area contributed by atoms with Gasteiger partial charge < -0.3 is 4.90 Å². The molecule has 0 radical (unpaired) electrons. The van der Waals surface area contributed by atoms with Crippen LogP contribution in [0.1, 0.15) is 12.8 Å². The van der Waals surface area contributed by atoms with Gasteiger partial charge in [-0.1, -0.05) is 11.6 Å². The minimum Gasteiger partial charge on any atom is -0.356 e. The Morgan fingerprint density at radius 3 is 2.29 bits per heavy atom. The molecule has 3 fully saturated rings. The molecule has 114 valence electrons. The summed E-state index contributed by atoms with van der Waals surface area (Å²) in [5.41, 5.74) is 0. The van der Waals surface area contributed by atoms with E-state index in [1.165, 1.54) is 0 Å². The molecule has 5 nitrogen and oxygen atoms in total. The highest BCUT2D eigenvalue weighted by Gasteiger charge is 2.48. The summed E-state index contributed by atoms with van der Waals surface area (Å²) in [5.74, 6) is 1.79. The Labute approximate surface area is 130 Å². The molecule has 3 aliphatic rings. The van der Waals surface area contributed by atoms with E-state index >= 15 is 0 Å². The molecule has 0 aromatic carbocycles. The van der Waals surface area contributed by atoms with Crippen molar-refractivity contribution in [3.8, 4) is 0 Å². The Bertz CT molecular complexity index is 631. The maximum atomic E-state index is 12.3. The normalized spacial score (nSPS) is 29.9. The van der Waals surface area contributed by atoms with Gasteiger partial charge in [-0.05, 0) is 36.8 Å². The molecule has 2 unspecified atom stereocenters. The summed E-state index contributed by atoms with van der Waals surface area (Å²) in [6.45, 7) is 3.12. The highest BCUT2D eigenvalue weighted by Crippen LogP contribution is 2.38. The fourth-order valence-electron chi connectivity index (χ4n) is 3.48. The molecule has 0 bridgehead atoms. The largest absolute Gasteiger partial charge is 0.356 e. The van der Waals surface area contributed by atoms with Crippen LogP contribution < -0.4 is 4.90 Å². The first kappa shape index (κ1) is 13.8. The van der Waals surface area contributed by atoms with Crippen LogP contribution in [0.15, 0.2) is 18.3 Å². The van der Waals surface area contributed by atoms with Crippen molar-refractivity contribution in [2.75, 3.05) is 31.1 Å². The highest BCUT2D eigenvalue weighted by molar-refractivity contribution is 7.90. The second-order valence-corrected chi connectivity index (χ2v) is 8.97. The molecule has 1 aromatic heterocycles. The van der Waals surface area contributed by atoms with Gasteiger partial charge in [0.1, 0.15) is 5.82 Å². The number of hydrogen-bond acceptors (Lipinski definition) is 4. The Hall–Kier alpha value is -0.850. The van der Waals surface area contributed by atoms with Crippen LogP contribution in [0, 0.1) is 11.8 Å². The number of rotatable bonds is 3. The van der Waals surface area contributed by atoms with Crippen molar-refractivity contribution in [3.05, 3.63) is 23.4 Å². The van der Waals surface area contributed by atoms with Crippen LogP contribution in [-0.4, -0.2) is 49.1 Å². The summed E-state index contributed by atoms with van der Waals surface area (Å²) in [4.78, 5) is 6.60. The van der Waals surface area contributed by atoms with E-state index in [1.807, 2.05) is 12.1 Å². The van der Waals surface area contributed by atoms with Crippen molar-refractivity contribution in [1.82, 2.24) is 9.29 Å². The Morgan fingerprint density at radius 2 is 1.76 bits per heavy atom. The third-order valence-electron chi connectivity index (χ3n) is 4.79. The molecule has 2 atom stereocenters. The average molecular weight is 328 g/mol. The van der Waals surface area contributed by atoms with E-state index in [2.05, 4.69) is 9.88 Å². The summed E-state index contributed by atoms with van der Waals surface area (Å²) in [6.07, 6.45) is 3.35. The number of halogens is 1. The molecule has 7 heteroatoms. The molecule has 0 N–H and O–H groups in total. The molecule has 1 saturated carbocycles. The standard InChI is InChI=1S/C14H18ClN3O2S/c15-12-1-4-14(16-5-12)17-6-10-8-18(9-11(10)7-17)21(19,20)13-2-3-13/h1,4-5,10-11,13H,2-3,6-9H2. The zero-order valence-electron chi connectivity index (χ0n) is 11.7. The molecule has 21 heavy (non-hydrogen) atoms. The van der Waals surface area contributed by atoms with E-state index in [0.29, 0.717) is 29.9 Å². The summed E-state index contributed by atoms with van der Waals surface area (Å²) in [6, 6.07) is 3.78. The van der Waals surface area contributed by atoms with E-state index in [4.69, 9.17) is 11.6 Å². The number of nitrogens with zero attached hydrogens (tertiary/aromatic N) is 3. The fraction of sp³-hybridized carbons (Fsp3) is 0.643. The molecule has 1 aliphatic carbocycles. The lowest BCUT2D eigenvalue weighted by Crippen LogP contribution is -2.35. The van der Waals surface area contributed by atoms with Crippen molar-refractivity contribution < 1.29 is 8.42 Å². The lowest BCUT2D eigenvalue weighted by atomic mass is 10.0. The van der Waals surface area contributed by atoms with Crippen LogP contribution in [0.25, 0.3) is 0 Å². The highest BCUT2D eigenvalue weighted by atomic mass is 35.5. The molecule has 1 aromatic rings. The molecule has 0 spiro atoms. The first-order valence-corrected chi connectivity index (χ1v) is 9.27. The molecule has 0 amide bonds. The number of sulfonamides is 1. The number of pyridine rings is 1. The van der Waals surface area contributed by atoms with E-state index in [9.17, 15) is 8.42 Å². The number of aromatic nitrogens is 1. The van der Waals surface area contributed by atoms with Gasteiger partial charge in [0, 0.05) is 32.4 Å². The van der Waals surface area contributed by atoms with Gasteiger partial charge in [0.2, 0.25) is 10.0 Å². The third-order valence-corrected chi connectivity index (χ3v) is 7.35. The van der Waals surface area contributed by atoms with Crippen molar-refractivity contribution in [2.24, 2.45) is 11.8 Å². The summed E-state index contributed by atoms with van der Waals surface area (Å²) in [7, 11) is -3.01. The lowest BCUT2D eigenvalue weighted by Gasteiger charge is -2.22. The number of fused-ring (bicyclic) bond motifs is 1. The van der Waals surface area contributed by atoms with Crippen LogP contribution in [0.2, 0.25) is 5.02 Å². The van der Waals surface area contributed by atoms with E-state index in [-0.39, 0.29) is 5.25 Å². The van der Waals surface area contributed by atoms with E-state index in [1.54, 1.807) is 10.5 Å². The smallest absolute Gasteiger partial charge is 0.217 e. The van der Waals surface area contributed by atoms with Gasteiger partial charge in [-0.25, -0.2) is 17.7 Å². The van der Waals surface area contributed by atoms with E-state index < -0.39 is 10.0 Å². The van der Waals surface area contributed by atoms with Crippen molar-refractivity contribution in [1.29, 1.82) is 0 Å². The van der Waals surface area contributed by atoms with Crippen LogP contribution in [0.3, 0.4) is 0 Å². The maximum absolute atomic E-state index is 12.3. The first-order chi connectivity index (χ1) is 10.0. The second kappa shape index (κ2) is 4.83. The quantitative estimate of drug-likeness (QED) is 0.846. The summed E-state index contributed by atoms with van der Waals surface area (Å²) in [5, 5.41) is 0.546. The Morgan fingerprint density at radius 1 is 1.10 bits per heavy atom. The van der Waals surface area contributed by atoms with Crippen molar-refractivity contribution in [3.63, 3.8) is 0 Å². The van der Waals surface area contributed by atoms with Gasteiger partial charge in [-0.3, -0.25) is 0 Å². The van der Waals surface area contributed by atoms with Gasteiger partial charge >= 0.3 is 0 Å². The Balaban J connectivity index is 1.45.